The molecule has 1 saturated heterocycles. The summed E-state index contributed by atoms with van der Waals surface area (Å²) in [6.45, 7) is 3.63. The molecule has 0 amide bonds. The van der Waals surface area contributed by atoms with E-state index in [1.165, 1.54) is 11.6 Å². The molecule has 1 aliphatic rings. The molecule has 1 fully saturated rings. The second-order valence-electron chi connectivity index (χ2n) is 2.71. The molecule has 0 bridgehead atoms. The Kier molecular flexibility index (Phi) is 4.10. The van der Waals surface area contributed by atoms with Crippen LogP contribution in [0, 0.1) is 0 Å². The Labute approximate surface area is 72.5 Å². The number of rotatable bonds is 2. The number of aliphatic hydroxyl groups is 1. The minimum absolute atomic E-state index is 0.117. The molecular formula is C6H14NO2PS. The van der Waals surface area contributed by atoms with E-state index in [4.69, 9.17) is 10.00 Å². The van der Waals surface area contributed by atoms with E-state index in [1.54, 1.807) is 0 Å². The van der Waals surface area contributed by atoms with Gasteiger partial charge in [0.15, 0.2) is 0 Å². The fraction of sp³-hybridized carbons (Fsp3) is 1.00. The smallest absolute Gasteiger partial charge is 0.0973 e. The second-order valence-corrected chi connectivity index (χ2v) is 6.39. The minimum Gasteiger partial charge on any atom is -0.393 e. The van der Waals surface area contributed by atoms with Crippen LogP contribution in [-0.4, -0.2) is 40.2 Å². The Hall–Kier alpha value is 0.660. The molecule has 0 aromatic rings. The van der Waals surface area contributed by atoms with Gasteiger partial charge in [-0.3, -0.25) is 0 Å². The first-order chi connectivity index (χ1) is 5.18. The summed E-state index contributed by atoms with van der Waals surface area (Å²) in [7, 11) is -0.877. The van der Waals surface area contributed by atoms with Gasteiger partial charge in [-0.2, -0.15) is 0 Å². The number of nitrogens with zero attached hydrogens (tertiary/aromatic N) is 1. The summed E-state index contributed by atoms with van der Waals surface area (Å²) in [4.78, 5) is 9.09. The van der Waals surface area contributed by atoms with Gasteiger partial charge < -0.3 is 10.00 Å². The lowest BCUT2D eigenvalue weighted by atomic mass is 10.1. The lowest BCUT2D eigenvalue weighted by Gasteiger charge is -2.28. The average Bonchev–Trinajstić information content (AvgIpc) is 1.93. The fourth-order valence-electron chi connectivity index (χ4n) is 1.09. The quantitative estimate of drug-likeness (QED) is 0.510. The van der Waals surface area contributed by atoms with Gasteiger partial charge in [-0.15, -0.1) is 0 Å². The zero-order valence-electron chi connectivity index (χ0n) is 6.60. The van der Waals surface area contributed by atoms with E-state index in [0.29, 0.717) is 0 Å². The third kappa shape index (κ3) is 3.72. The average molecular weight is 195 g/mol. The molecule has 3 nitrogen and oxygen atoms in total. The highest BCUT2D eigenvalue weighted by Gasteiger charge is 2.18. The SMILES string of the molecule is CP(O)SN1CCC(O)CC1. The molecule has 1 heterocycles. The topological polar surface area (TPSA) is 43.7 Å². The molecule has 1 rings (SSSR count). The van der Waals surface area contributed by atoms with Crippen molar-refractivity contribution in [2.75, 3.05) is 19.8 Å². The van der Waals surface area contributed by atoms with Gasteiger partial charge in [-0.1, -0.05) is 0 Å². The van der Waals surface area contributed by atoms with Crippen molar-refractivity contribution in [1.29, 1.82) is 0 Å². The summed E-state index contributed by atoms with van der Waals surface area (Å²) >= 11 is 1.52. The highest BCUT2D eigenvalue weighted by Crippen LogP contribution is 2.44. The first-order valence-electron chi connectivity index (χ1n) is 3.72. The monoisotopic (exact) mass is 195 g/mol. The number of hydrogen-bond acceptors (Lipinski definition) is 4. The molecule has 11 heavy (non-hydrogen) atoms. The van der Waals surface area contributed by atoms with Gasteiger partial charge in [0.25, 0.3) is 0 Å². The maximum atomic E-state index is 9.17. The number of aliphatic hydroxyl groups excluding tert-OH is 1. The molecule has 0 aromatic carbocycles. The molecule has 1 atom stereocenters. The highest BCUT2D eigenvalue weighted by molar-refractivity contribution is 8.52. The van der Waals surface area contributed by atoms with Crippen molar-refractivity contribution in [3.63, 3.8) is 0 Å². The molecule has 1 unspecified atom stereocenters. The van der Waals surface area contributed by atoms with Crippen molar-refractivity contribution >= 4 is 18.9 Å². The van der Waals surface area contributed by atoms with E-state index in [9.17, 15) is 0 Å². The standard InChI is InChI=1S/C6H14NO2PS/c1-10(9)11-7-4-2-6(8)3-5-7/h6,8-9H,2-5H2,1H3. The van der Waals surface area contributed by atoms with Crippen LogP contribution < -0.4 is 0 Å². The van der Waals surface area contributed by atoms with Crippen LogP contribution in [0.3, 0.4) is 0 Å². The van der Waals surface area contributed by atoms with Crippen LogP contribution in [0.1, 0.15) is 12.8 Å². The Morgan fingerprint density at radius 2 is 2.00 bits per heavy atom. The Balaban J connectivity index is 2.17. The molecule has 5 heteroatoms. The molecule has 66 valence electrons. The lowest BCUT2D eigenvalue weighted by Crippen LogP contribution is -2.30. The second kappa shape index (κ2) is 4.63. The van der Waals surface area contributed by atoms with Gasteiger partial charge in [0.05, 0.1) is 13.5 Å². The fourth-order valence-corrected chi connectivity index (χ4v) is 3.29. The molecule has 1 aliphatic heterocycles. The van der Waals surface area contributed by atoms with Crippen molar-refractivity contribution in [3.8, 4) is 0 Å². The first kappa shape index (κ1) is 9.75. The summed E-state index contributed by atoms with van der Waals surface area (Å²) in [6, 6.07) is 0. The predicted octanol–water partition coefficient (Wildman–Crippen LogP) is 1.03. The van der Waals surface area contributed by atoms with Crippen molar-refractivity contribution in [2.24, 2.45) is 0 Å². The largest absolute Gasteiger partial charge is 0.393 e. The first-order valence-corrected chi connectivity index (χ1v) is 6.84. The van der Waals surface area contributed by atoms with Crippen LogP contribution >= 0.6 is 18.9 Å². The van der Waals surface area contributed by atoms with Crippen molar-refractivity contribution in [3.05, 3.63) is 0 Å². The lowest BCUT2D eigenvalue weighted by molar-refractivity contribution is 0.116. The molecule has 0 spiro atoms. The van der Waals surface area contributed by atoms with Crippen LogP contribution in [0.4, 0.5) is 0 Å². The van der Waals surface area contributed by atoms with E-state index in [-0.39, 0.29) is 6.10 Å². The van der Waals surface area contributed by atoms with Crippen LogP contribution in [0.5, 0.6) is 0 Å². The van der Waals surface area contributed by atoms with Gasteiger partial charge in [0, 0.05) is 13.1 Å². The maximum Gasteiger partial charge on any atom is 0.0973 e. The maximum absolute atomic E-state index is 9.17. The van der Waals surface area contributed by atoms with Crippen LogP contribution in [0.15, 0.2) is 0 Å². The van der Waals surface area contributed by atoms with Gasteiger partial charge >= 0.3 is 0 Å². The molecule has 0 saturated carbocycles. The van der Waals surface area contributed by atoms with E-state index < -0.39 is 7.35 Å². The summed E-state index contributed by atoms with van der Waals surface area (Å²) in [5, 5.41) is 9.17. The number of piperidine rings is 1. The van der Waals surface area contributed by atoms with Crippen LogP contribution in [0.2, 0.25) is 0 Å². The van der Waals surface area contributed by atoms with E-state index in [2.05, 4.69) is 4.31 Å². The normalized spacial score (nSPS) is 25.4. The Bertz CT molecular complexity index is 117. The summed E-state index contributed by atoms with van der Waals surface area (Å²) in [6.07, 6.45) is 1.57. The molecular weight excluding hydrogens is 181 g/mol. The van der Waals surface area contributed by atoms with Gasteiger partial charge in [-0.05, 0) is 31.1 Å². The van der Waals surface area contributed by atoms with Gasteiger partial charge in [-0.25, -0.2) is 4.31 Å². The Morgan fingerprint density at radius 3 is 2.45 bits per heavy atom. The summed E-state index contributed by atoms with van der Waals surface area (Å²) in [5.41, 5.74) is 0. The highest BCUT2D eigenvalue weighted by atomic mass is 32.7. The number of hydrogen-bond donors (Lipinski definition) is 2. The van der Waals surface area contributed by atoms with Gasteiger partial charge in [0.1, 0.15) is 0 Å². The summed E-state index contributed by atoms with van der Waals surface area (Å²) < 4.78 is 2.14. The van der Waals surface area contributed by atoms with Crippen molar-refractivity contribution in [2.45, 2.75) is 18.9 Å². The van der Waals surface area contributed by atoms with E-state index in [0.717, 1.165) is 25.9 Å². The molecule has 0 aromatic heterocycles. The van der Waals surface area contributed by atoms with Crippen molar-refractivity contribution < 1.29 is 10.00 Å². The van der Waals surface area contributed by atoms with Crippen LogP contribution in [-0.2, 0) is 0 Å². The van der Waals surface area contributed by atoms with Gasteiger partial charge in [0.2, 0.25) is 0 Å². The minimum atomic E-state index is -0.877. The molecule has 2 N–H and O–H groups in total. The van der Waals surface area contributed by atoms with Crippen LogP contribution in [0.25, 0.3) is 0 Å². The van der Waals surface area contributed by atoms with E-state index in [1.807, 2.05) is 6.66 Å². The molecule has 0 aliphatic carbocycles. The van der Waals surface area contributed by atoms with E-state index >= 15 is 0 Å². The third-order valence-electron chi connectivity index (χ3n) is 1.66. The van der Waals surface area contributed by atoms with Crippen molar-refractivity contribution in [1.82, 2.24) is 4.31 Å². The zero-order valence-corrected chi connectivity index (χ0v) is 8.31. The Morgan fingerprint density at radius 1 is 1.45 bits per heavy atom. The predicted molar refractivity (Wildman–Crippen MR) is 49.5 cm³/mol. The third-order valence-corrected chi connectivity index (χ3v) is 3.89. The molecule has 0 radical (unpaired) electrons. The zero-order chi connectivity index (χ0) is 8.27. The summed E-state index contributed by atoms with van der Waals surface area (Å²) in [5.74, 6) is 0.